The number of para-hydroxylation sites is 2. The minimum atomic E-state index is -0.103. The number of thiophene rings is 1. The van der Waals surface area contributed by atoms with E-state index in [1.54, 1.807) is 35.6 Å². The highest BCUT2D eigenvalue weighted by Gasteiger charge is 2.30. The predicted octanol–water partition coefficient (Wildman–Crippen LogP) is 4.23. The number of nitrogens with zero attached hydrogens (tertiary/aromatic N) is 2. The number of nitrogens with one attached hydrogen (secondary N) is 2. The van der Waals surface area contributed by atoms with Gasteiger partial charge in [0, 0.05) is 10.8 Å². The Kier molecular flexibility index (Phi) is 5.97. The Balaban J connectivity index is 1.27. The van der Waals surface area contributed by atoms with Gasteiger partial charge in [-0.1, -0.05) is 19.1 Å². The molecule has 8 heteroatoms. The van der Waals surface area contributed by atoms with Crippen LogP contribution in [0.3, 0.4) is 0 Å². The maximum Gasteiger partial charge on any atom is 0.259 e. The molecule has 1 fully saturated rings. The number of hydrogen-bond acceptors (Lipinski definition) is 6. The third kappa shape index (κ3) is 4.29. The number of phenols is 1. The topological polar surface area (TPSA) is 98.3 Å². The van der Waals surface area contributed by atoms with Crippen LogP contribution in [0.5, 0.6) is 5.75 Å². The van der Waals surface area contributed by atoms with Crippen molar-refractivity contribution < 1.29 is 9.90 Å². The maximum atomic E-state index is 13.0. The number of rotatable bonds is 4. The number of fused-ring (bicyclic) bond motifs is 3. The zero-order valence-corrected chi connectivity index (χ0v) is 19.9. The first-order valence-electron chi connectivity index (χ1n) is 11.8. The highest BCUT2D eigenvalue weighted by Crippen LogP contribution is 2.36. The monoisotopic (exact) mass is 466 g/mol. The lowest BCUT2D eigenvalue weighted by Crippen LogP contribution is -2.40. The fraction of sp³-hybridized carbons (Fsp3) is 0.480. The van der Waals surface area contributed by atoms with Crippen molar-refractivity contribution in [3.05, 3.63) is 50.9 Å². The van der Waals surface area contributed by atoms with Crippen LogP contribution in [-0.4, -0.2) is 39.0 Å². The molecule has 0 spiro atoms. The molecule has 1 aliphatic carbocycles. The van der Waals surface area contributed by atoms with E-state index in [0.29, 0.717) is 17.4 Å². The maximum absolute atomic E-state index is 13.0. The highest BCUT2D eigenvalue weighted by atomic mass is 32.1. The Morgan fingerprint density at radius 1 is 1.27 bits per heavy atom. The molecule has 0 saturated carbocycles. The second-order valence-corrected chi connectivity index (χ2v) is 10.6. The molecule has 33 heavy (non-hydrogen) atoms. The number of carbonyl (C=O) groups excluding carboxylic acids is 1. The lowest BCUT2D eigenvalue weighted by atomic mass is 9.89. The smallest absolute Gasteiger partial charge is 0.259 e. The quantitative estimate of drug-likeness (QED) is 0.500. The lowest BCUT2D eigenvalue weighted by Gasteiger charge is -2.35. The van der Waals surface area contributed by atoms with Crippen molar-refractivity contribution in [2.75, 3.05) is 18.4 Å². The van der Waals surface area contributed by atoms with Crippen molar-refractivity contribution in [1.82, 2.24) is 14.9 Å². The Hall–Kier alpha value is -2.71. The van der Waals surface area contributed by atoms with E-state index in [2.05, 4.69) is 29.0 Å². The first kappa shape index (κ1) is 22.1. The Morgan fingerprint density at radius 3 is 2.79 bits per heavy atom. The Bertz CT molecular complexity index is 1240. The lowest BCUT2D eigenvalue weighted by molar-refractivity contribution is -0.121. The van der Waals surface area contributed by atoms with Gasteiger partial charge in [0.15, 0.2) is 0 Å². The van der Waals surface area contributed by atoms with Gasteiger partial charge in [-0.05, 0) is 75.7 Å². The molecule has 1 saturated heterocycles. The van der Waals surface area contributed by atoms with E-state index in [0.717, 1.165) is 55.4 Å². The molecule has 1 aliphatic heterocycles. The Morgan fingerprint density at radius 2 is 2.03 bits per heavy atom. The van der Waals surface area contributed by atoms with Crippen LogP contribution in [-0.2, 0) is 17.6 Å². The minimum Gasteiger partial charge on any atom is -0.506 e. The summed E-state index contributed by atoms with van der Waals surface area (Å²) >= 11 is 1.68. The van der Waals surface area contributed by atoms with E-state index < -0.39 is 0 Å². The van der Waals surface area contributed by atoms with Crippen LogP contribution in [0.15, 0.2) is 29.1 Å². The second-order valence-electron chi connectivity index (χ2n) is 9.48. The van der Waals surface area contributed by atoms with Gasteiger partial charge < -0.3 is 15.4 Å². The summed E-state index contributed by atoms with van der Waals surface area (Å²) in [4.78, 5) is 38.0. The molecular formula is C25H30N4O3S. The van der Waals surface area contributed by atoms with Crippen LogP contribution in [0, 0.1) is 11.8 Å². The van der Waals surface area contributed by atoms with Crippen molar-refractivity contribution in [2.24, 2.45) is 11.8 Å². The summed E-state index contributed by atoms with van der Waals surface area (Å²) in [5.74, 6) is 1.28. The van der Waals surface area contributed by atoms with E-state index in [1.165, 1.54) is 10.4 Å². The SMILES string of the molecule is CC1CCc2c(sc3nc(C(C)N4CCC(C(=O)Nc5ccccc5O)CC4)[nH]c(=O)c23)C1. The molecule has 3 heterocycles. The van der Waals surface area contributed by atoms with Gasteiger partial charge in [0.25, 0.3) is 5.56 Å². The first-order valence-corrected chi connectivity index (χ1v) is 12.6. The summed E-state index contributed by atoms with van der Waals surface area (Å²) in [5.41, 5.74) is 1.63. The van der Waals surface area contributed by atoms with E-state index in [4.69, 9.17) is 4.98 Å². The third-order valence-corrected chi connectivity index (χ3v) is 8.34. The molecule has 174 valence electrons. The fourth-order valence-corrected chi connectivity index (χ4v) is 6.49. The summed E-state index contributed by atoms with van der Waals surface area (Å²) in [6, 6.07) is 6.75. The number of aromatic amines is 1. The van der Waals surface area contributed by atoms with Gasteiger partial charge in [-0.25, -0.2) is 4.98 Å². The summed E-state index contributed by atoms with van der Waals surface area (Å²) in [6.45, 7) is 5.84. The van der Waals surface area contributed by atoms with Gasteiger partial charge in [-0.15, -0.1) is 11.3 Å². The molecule has 5 rings (SSSR count). The molecule has 3 aromatic rings. The third-order valence-electron chi connectivity index (χ3n) is 7.19. The van der Waals surface area contributed by atoms with Gasteiger partial charge in [0.05, 0.1) is 17.1 Å². The molecule has 1 amide bonds. The molecule has 2 atom stereocenters. The molecule has 1 aromatic carbocycles. The van der Waals surface area contributed by atoms with E-state index in [9.17, 15) is 14.7 Å². The second kappa shape index (κ2) is 8.91. The van der Waals surface area contributed by atoms with Crippen LogP contribution in [0.4, 0.5) is 5.69 Å². The van der Waals surface area contributed by atoms with Crippen molar-refractivity contribution >= 4 is 33.1 Å². The summed E-state index contributed by atoms with van der Waals surface area (Å²) in [5, 5.41) is 13.5. The fourth-order valence-electron chi connectivity index (χ4n) is 5.10. The number of phenolic OH excluding ortho intramolecular Hbond substituents is 1. The van der Waals surface area contributed by atoms with E-state index >= 15 is 0 Å². The number of aromatic nitrogens is 2. The average molecular weight is 467 g/mol. The highest BCUT2D eigenvalue weighted by molar-refractivity contribution is 7.18. The van der Waals surface area contributed by atoms with Gasteiger partial charge in [0.2, 0.25) is 5.91 Å². The van der Waals surface area contributed by atoms with Gasteiger partial charge in [-0.2, -0.15) is 0 Å². The number of amides is 1. The predicted molar refractivity (Wildman–Crippen MR) is 131 cm³/mol. The molecule has 7 nitrogen and oxygen atoms in total. The molecule has 0 bridgehead atoms. The summed E-state index contributed by atoms with van der Waals surface area (Å²) in [6.07, 6.45) is 4.58. The molecular weight excluding hydrogens is 436 g/mol. The molecule has 2 aliphatic rings. The minimum absolute atomic E-state index is 0.0224. The average Bonchev–Trinajstić information content (AvgIpc) is 3.18. The summed E-state index contributed by atoms with van der Waals surface area (Å²) < 4.78 is 0. The van der Waals surface area contributed by atoms with Crippen molar-refractivity contribution in [3.63, 3.8) is 0 Å². The number of piperidine rings is 1. The van der Waals surface area contributed by atoms with Crippen molar-refractivity contribution in [3.8, 4) is 5.75 Å². The number of aryl methyl sites for hydroxylation is 1. The van der Waals surface area contributed by atoms with E-state index in [1.807, 2.05) is 0 Å². The number of carbonyl (C=O) groups is 1. The summed E-state index contributed by atoms with van der Waals surface area (Å²) in [7, 11) is 0. The number of aromatic hydroxyl groups is 1. The molecule has 2 unspecified atom stereocenters. The van der Waals surface area contributed by atoms with E-state index in [-0.39, 0.29) is 29.2 Å². The zero-order chi connectivity index (χ0) is 23.1. The zero-order valence-electron chi connectivity index (χ0n) is 19.1. The normalized spacial score (nSPS) is 20.5. The Labute approximate surface area is 196 Å². The number of H-pyrrole nitrogens is 1. The van der Waals surface area contributed by atoms with Gasteiger partial charge >= 0.3 is 0 Å². The van der Waals surface area contributed by atoms with Crippen LogP contribution in [0.1, 0.15) is 55.4 Å². The van der Waals surface area contributed by atoms with Crippen LogP contribution >= 0.6 is 11.3 Å². The van der Waals surface area contributed by atoms with Crippen LogP contribution in [0.25, 0.3) is 10.2 Å². The molecule has 3 N–H and O–H groups in total. The van der Waals surface area contributed by atoms with Crippen LogP contribution in [0.2, 0.25) is 0 Å². The van der Waals surface area contributed by atoms with Crippen molar-refractivity contribution in [2.45, 2.75) is 52.0 Å². The molecule has 2 aromatic heterocycles. The van der Waals surface area contributed by atoms with Crippen LogP contribution < -0.4 is 10.9 Å². The number of anilines is 1. The number of hydrogen-bond donors (Lipinski definition) is 3. The molecule has 0 radical (unpaired) electrons. The van der Waals surface area contributed by atoms with Gasteiger partial charge in [-0.3, -0.25) is 14.5 Å². The number of likely N-dealkylation sites (tertiary alicyclic amines) is 1. The number of benzene rings is 1. The van der Waals surface area contributed by atoms with Gasteiger partial charge in [0.1, 0.15) is 16.4 Å². The largest absolute Gasteiger partial charge is 0.506 e. The standard InChI is InChI=1S/C25H30N4O3S/c1-14-7-8-17-20(13-14)33-25-21(17)24(32)27-22(28-25)15(2)29-11-9-16(10-12-29)23(31)26-18-5-3-4-6-19(18)30/h3-6,14-16,30H,7-13H2,1-2H3,(H,26,31)(H,27,28,32). The first-order chi connectivity index (χ1) is 15.9. The van der Waals surface area contributed by atoms with Crippen molar-refractivity contribution in [1.29, 1.82) is 0 Å².